The van der Waals surface area contributed by atoms with Gasteiger partial charge in [-0.2, -0.15) is 0 Å². The summed E-state index contributed by atoms with van der Waals surface area (Å²) in [5.74, 6) is 0.511. The van der Waals surface area contributed by atoms with Gasteiger partial charge in [0.1, 0.15) is 18.0 Å². The van der Waals surface area contributed by atoms with Crippen molar-refractivity contribution in [3.8, 4) is 11.5 Å². The van der Waals surface area contributed by atoms with Crippen molar-refractivity contribution < 1.29 is 22.7 Å². The number of methoxy groups -OCH3 is 2. The van der Waals surface area contributed by atoms with Crippen molar-refractivity contribution in [2.24, 2.45) is 0 Å². The number of amides is 1. The summed E-state index contributed by atoms with van der Waals surface area (Å²) >= 11 is 0. The Labute approximate surface area is 161 Å². The maximum Gasteiger partial charge on any atom is 0.240 e. The third-order valence-electron chi connectivity index (χ3n) is 4.52. The number of anilines is 1. The zero-order chi connectivity index (χ0) is 19.9. The Morgan fingerprint density at radius 1 is 1.22 bits per heavy atom. The van der Waals surface area contributed by atoms with E-state index in [1.807, 2.05) is 0 Å². The number of sulfonamides is 1. The second-order valence-electron chi connectivity index (χ2n) is 6.56. The lowest BCUT2D eigenvalue weighted by molar-refractivity contribution is -0.119. The molecule has 0 spiro atoms. The average Bonchev–Trinajstić information content (AvgIpc) is 3.15. The summed E-state index contributed by atoms with van der Waals surface area (Å²) in [5, 5.41) is 2.80. The largest absolute Gasteiger partial charge is 0.497 e. The third kappa shape index (κ3) is 6.28. The van der Waals surface area contributed by atoms with E-state index in [1.54, 1.807) is 18.2 Å². The minimum Gasteiger partial charge on any atom is -0.497 e. The Bertz CT molecular complexity index is 733. The smallest absolute Gasteiger partial charge is 0.240 e. The van der Waals surface area contributed by atoms with Crippen molar-refractivity contribution in [2.45, 2.75) is 19.3 Å². The van der Waals surface area contributed by atoms with E-state index in [4.69, 9.17) is 9.47 Å². The van der Waals surface area contributed by atoms with Crippen molar-refractivity contribution in [1.29, 1.82) is 0 Å². The van der Waals surface area contributed by atoms with E-state index < -0.39 is 10.0 Å². The van der Waals surface area contributed by atoms with Gasteiger partial charge in [0, 0.05) is 12.6 Å². The van der Waals surface area contributed by atoms with Crippen LogP contribution in [-0.2, 0) is 14.8 Å². The molecule has 27 heavy (non-hydrogen) atoms. The second kappa shape index (κ2) is 9.80. The maximum atomic E-state index is 12.3. The van der Waals surface area contributed by atoms with Gasteiger partial charge in [-0.15, -0.1) is 0 Å². The topological polar surface area (TPSA) is 88.2 Å². The molecule has 0 radical (unpaired) electrons. The SMILES string of the molecule is COc1ccc(N(CC(=O)NCCCN2CCCC2)S(C)(=O)=O)c(OC)c1. The predicted octanol–water partition coefficient (Wildman–Crippen LogP) is 1.07. The molecular formula is C18H29N3O5S. The summed E-state index contributed by atoms with van der Waals surface area (Å²) in [4.78, 5) is 14.7. The first-order valence-corrected chi connectivity index (χ1v) is 10.9. The van der Waals surface area contributed by atoms with Crippen LogP contribution in [-0.4, -0.2) is 72.4 Å². The van der Waals surface area contributed by atoms with Crippen LogP contribution in [0.4, 0.5) is 5.69 Å². The van der Waals surface area contributed by atoms with Crippen molar-refractivity contribution >= 4 is 21.6 Å². The Morgan fingerprint density at radius 3 is 2.52 bits per heavy atom. The first-order chi connectivity index (χ1) is 12.8. The highest BCUT2D eigenvalue weighted by atomic mass is 32.2. The maximum absolute atomic E-state index is 12.3. The fourth-order valence-electron chi connectivity index (χ4n) is 3.10. The highest BCUT2D eigenvalue weighted by molar-refractivity contribution is 7.92. The molecule has 0 atom stereocenters. The fraction of sp³-hybridized carbons (Fsp3) is 0.611. The molecule has 152 valence electrons. The molecule has 1 fully saturated rings. The van der Waals surface area contributed by atoms with Gasteiger partial charge in [-0.25, -0.2) is 8.42 Å². The summed E-state index contributed by atoms with van der Waals surface area (Å²) in [5.41, 5.74) is 0.299. The molecule has 1 amide bonds. The molecular weight excluding hydrogens is 370 g/mol. The van der Waals surface area contributed by atoms with Crippen molar-refractivity contribution in [3.05, 3.63) is 18.2 Å². The lowest BCUT2D eigenvalue weighted by Crippen LogP contribution is -2.41. The quantitative estimate of drug-likeness (QED) is 0.592. The molecule has 0 aromatic heterocycles. The van der Waals surface area contributed by atoms with Crippen LogP contribution in [0, 0.1) is 0 Å². The van der Waals surface area contributed by atoms with Crippen LogP contribution in [0.2, 0.25) is 0 Å². The molecule has 0 bridgehead atoms. The zero-order valence-electron chi connectivity index (χ0n) is 16.2. The van der Waals surface area contributed by atoms with Crippen molar-refractivity contribution in [1.82, 2.24) is 10.2 Å². The number of nitrogens with one attached hydrogen (secondary N) is 1. The van der Waals surface area contributed by atoms with Gasteiger partial charge in [0.25, 0.3) is 0 Å². The van der Waals surface area contributed by atoms with E-state index in [-0.39, 0.29) is 12.5 Å². The standard InChI is InChI=1S/C18H29N3O5S/c1-25-15-7-8-16(17(13-15)26-2)21(27(3,23)24)14-18(22)19-9-6-12-20-10-4-5-11-20/h7-8,13H,4-6,9-12,14H2,1-3H3,(H,19,22). The van der Waals surface area contributed by atoms with Gasteiger partial charge in [-0.05, 0) is 51.0 Å². The molecule has 1 aliphatic rings. The number of carbonyl (C=O) groups is 1. The van der Waals surface area contributed by atoms with Crippen molar-refractivity contribution in [3.63, 3.8) is 0 Å². The molecule has 1 N–H and O–H groups in total. The van der Waals surface area contributed by atoms with Crippen LogP contribution >= 0.6 is 0 Å². The number of rotatable bonds is 10. The first-order valence-electron chi connectivity index (χ1n) is 9.04. The molecule has 0 saturated carbocycles. The third-order valence-corrected chi connectivity index (χ3v) is 5.64. The normalized spacial score (nSPS) is 14.8. The predicted molar refractivity (Wildman–Crippen MR) is 105 cm³/mol. The van der Waals surface area contributed by atoms with Crippen LogP contribution in [0.1, 0.15) is 19.3 Å². The Morgan fingerprint density at radius 2 is 1.93 bits per heavy atom. The van der Waals surface area contributed by atoms with E-state index in [2.05, 4.69) is 10.2 Å². The van der Waals surface area contributed by atoms with Gasteiger partial charge in [0.15, 0.2) is 0 Å². The van der Waals surface area contributed by atoms with Gasteiger partial charge < -0.3 is 19.7 Å². The molecule has 8 nitrogen and oxygen atoms in total. The molecule has 9 heteroatoms. The summed E-state index contributed by atoms with van der Waals surface area (Å²) in [6, 6.07) is 4.78. The molecule has 2 rings (SSSR count). The number of nitrogens with zero attached hydrogens (tertiary/aromatic N) is 2. The number of benzene rings is 1. The van der Waals surface area contributed by atoms with Crippen LogP contribution in [0.3, 0.4) is 0 Å². The summed E-state index contributed by atoms with van der Waals surface area (Å²) < 4.78 is 35.9. The molecule has 0 unspecified atom stereocenters. The van der Waals surface area contributed by atoms with E-state index in [1.165, 1.54) is 27.1 Å². The number of hydrogen-bond acceptors (Lipinski definition) is 6. The molecule has 1 saturated heterocycles. The molecule has 1 aromatic carbocycles. The number of likely N-dealkylation sites (tertiary alicyclic amines) is 1. The van der Waals surface area contributed by atoms with Crippen LogP contribution in [0.25, 0.3) is 0 Å². The van der Waals surface area contributed by atoms with E-state index in [9.17, 15) is 13.2 Å². The highest BCUT2D eigenvalue weighted by Crippen LogP contribution is 2.33. The fourth-order valence-corrected chi connectivity index (χ4v) is 3.95. The summed E-state index contributed by atoms with van der Waals surface area (Å²) in [6.45, 7) is 3.40. The molecule has 1 aliphatic heterocycles. The van der Waals surface area contributed by atoms with Crippen LogP contribution in [0.5, 0.6) is 11.5 Å². The van der Waals surface area contributed by atoms with Crippen LogP contribution in [0.15, 0.2) is 18.2 Å². The summed E-state index contributed by atoms with van der Waals surface area (Å²) in [6.07, 6.45) is 4.38. The van der Waals surface area contributed by atoms with Gasteiger partial charge in [0.2, 0.25) is 15.9 Å². The number of hydrogen-bond donors (Lipinski definition) is 1. The lowest BCUT2D eigenvalue weighted by atomic mass is 10.2. The van der Waals surface area contributed by atoms with Crippen LogP contribution < -0.4 is 19.1 Å². The Balaban J connectivity index is 1.99. The number of ether oxygens (including phenoxy) is 2. The Hall–Kier alpha value is -2.00. The van der Waals surface area contributed by atoms with Gasteiger partial charge >= 0.3 is 0 Å². The van der Waals surface area contributed by atoms with Gasteiger partial charge in [-0.1, -0.05) is 0 Å². The average molecular weight is 400 g/mol. The van der Waals surface area contributed by atoms with Gasteiger partial charge in [-0.3, -0.25) is 9.10 Å². The molecule has 1 aromatic rings. The second-order valence-corrected chi connectivity index (χ2v) is 8.47. The minimum absolute atomic E-state index is 0.299. The van der Waals surface area contributed by atoms with E-state index >= 15 is 0 Å². The summed E-state index contributed by atoms with van der Waals surface area (Å²) in [7, 11) is -0.712. The highest BCUT2D eigenvalue weighted by Gasteiger charge is 2.24. The lowest BCUT2D eigenvalue weighted by Gasteiger charge is -2.24. The minimum atomic E-state index is -3.67. The number of carbonyl (C=O) groups excluding carboxylic acids is 1. The molecule has 1 heterocycles. The van der Waals surface area contributed by atoms with Gasteiger partial charge in [0.05, 0.1) is 26.2 Å². The molecule has 0 aliphatic carbocycles. The monoisotopic (exact) mass is 399 g/mol. The van der Waals surface area contributed by atoms with E-state index in [0.29, 0.717) is 23.7 Å². The van der Waals surface area contributed by atoms with E-state index in [0.717, 1.165) is 36.6 Å². The van der Waals surface area contributed by atoms with Crippen molar-refractivity contribution in [2.75, 3.05) is 57.5 Å². The zero-order valence-corrected chi connectivity index (χ0v) is 17.0. The first kappa shape index (κ1) is 21.3. The Kier molecular flexibility index (Phi) is 7.73.